The van der Waals surface area contributed by atoms with E-state index in [0.29, 0.717) is 13.2 Å². The molecule has 3 nitrogen and oxygen atoms in total. The van der Waals surface area contributed by atoms with Gasteiger partial charge in [-0.15, -0.1) is 0 Å². The summed E-state index contributed by atoms with van der Waals surface area (Å²) >= 11 is 5.87. The number of hydrogen-bond acceptors (Lipinski definition) is 3. The fourth-order valence-electron chi connectivity index (χ4n) is 2.09. The molecule has 21 heavy (non-hydrogen) atoms. The number of hydrogen-bond donors (Lipinski definition) is 2. The van der Waals surface area contributed by atoms with E-state index in [4.69, 9.17) is 16.3 Å². The average molecular weight is 314 g/mol. The maximum absolute atomic E-state index is 9.88. The van der Waals surface area contributed by atoms with Gasteiger partial charge >= 0.3 is 0 Å². The van der Waals surface area contributed by atoms with Crippen molar-refractivity contribution in [2.45, 2.75) is 51.7 Å². The summed E-state index contributed by atoms with van der Waals surface area (Å²) in [7, 11) is 0. The van der Waals surface area contributed by atoms with Gasteiger partial charge in [0, 0.05) is 24.2 Å². The van der Waals surface area contributed by atoms with E-state index in [2.05, 4.69) is 19.2 Å². The number of aliphatic hydroxyl groups excluding tert-OH is 1. The number of unbranched alkanes of at least 4 members (excludes halogenated alkanes) is 3. The summed E-state index contributed by atoms with van der Waals surface area (Å²) in [5, 5.41) is 13.9. The monoisotopic (exact) mass is 313 g/mol. The minimum atomic E-state index is -0.467. The molecule has 1 unspecified atom stereocenters. The molecule has 4 heteroatoms. The van der Waals surface area contributed by atoms with Gasteiger partial charge < -0.3 is 15.2 Å². The molecule has 0 saturated heterocycles. The van der Waals surface area contributed by atoms with E-state index in [9.17, 15) is 5.11 Å². The van der Waals surface area contributed by atoms with Crippen LogP contribution in [0.25, 0.3) is 0 Å². The van der Waals surface area contributed by atoms with Gasteiger partial charge in [0.05, 0.1) is 12.7 Å². The number of nitrogens with one attached hydrogen (secondary N) is 1. The van der Waals surface area contributed by atoms with Crippen LogP contribution in [-0.2, 0) is 4.74 Å². The summed E-state index contributed by atoms with van der Waals surface area (Å²) in [6.45, 7) is 5.93. The van der Waals surface area contributed by atoms with E-state index in [-0.39, 0.29) is 6.04 Å². The van der Waals surface area contributed by atoms with E-state index < -0.39 is 6.10 Å². The highest BCUT2D eigenvalue weighted by Crippen LogP contribution is 2.15. The second-order valence-corrected chi connectivity index (χ2v) is 5.91. The summed E-state index contributed by atoms with van der Waals surface area (Å²) in [5.74, 6) is 0. The van der Waals surface area contributed by atoms with Gasteiger partial charge in [-0.05, 0) is 31.0 Å². The normalized spacial score (nSPS) is 14.1. The Morgan fingerprint density at radius 2 is 1.90 bits per heavy atom. The molecule has 1 aromatic carbocycles. The summed E-state index contributed by atoms with van der Waals surface area (Å²) < 4.78 is 5.49. The van der Waals surface area contributed by atoms with Crippen LogP contribution in [0.4, 0.5) is 0 Å². The van der Waals surface area contributed by atoms with Crippen LogP contribution in [0.2, 0.25) is 5.02 Å². The van der Waals surface area contributed by atoms with Crippen LogP contribution in [0.1, 0.15) is 51.1 Å². The first-order valence-corrected chi connectivity index (χ1v) is 8.26. The maximum atomic E-state index is 9.88. The largest absolute Gasteiger partial charge is 0.389 e. The van der Waals surface area contributed by atoms with Crippen LogP contribution in [0.3, 0.4) is 0 Å². The topological polar surface area (TPSA) is 41.5 Å². The zero-order chi connectivity index (χ0) is 15.5. The van der Waals surface area contributed by atoms with Crippen LogP contribution < -0.4 is 5.32 Å². The molecule has 120 valence electrons. The molecule has 0 heterocycles. The molecule has 2 N–H and O–H groups in total. The Morgan fingerprint density at radius 1 is 1.19 bits per heavy atom. The molecular weight excluding hydrogens is 286 g/mol. The molecule has 0 fully saturated rings. The van der Waals surface area contributed by atoms with Gasteiger partial charge in [0.1, 0.15) is 0 Å². The fraction of sp³-hybridized carbons (Fsp3) is 0.647. The Morgan fingerprint density at radius 3 is 2.57 bits per heavy atom. The molecule has 1 aromatic rings. The number of rotatable bonds is 11. The SMILES string of the molecule is CCCCCCOCC(O)CN[C@@H](C)c1ccc(Cl)cc1. The fourth-order valence-corrected chi connectivity index (χ4v) is 2.22. The van der Waals surface area contributed by atoms with Crippen molar-refractivity contribution in [2.75, 3.05) is 19.8 Å². The number of aliphatic hydroxyl groups is 1. The third-order valence-electron chi connectivity index (χ3n) is 3.48. The van der Waals surface area contributed by atoms with Crippen molar-refractivity contribution in [1.82, 2.24) is 5.32 Å². The zero-order valence-corrected chi connectivity index (χ0v) is 13.9. The van der Waals surface area contributed by atoms with Crippen LogP contribution in [0, 0.1) is 0 Å². The third-order valence-corrected chi connectivity index (χ3v) is 3.73. The molecule has 0 spiro atoms. The van der Waals surface area contributed by atoms with Crippen molar-refractivity contribution in [3.63, 3.8) is 0 Å². The molecule has 0 aliphatic carbocycles. The quantitative estimate of drug-likeness (QED) is 0.608. The van der Waals surface area contributed by atoms with Crippen LogP contribution >= 0.6 is 11.6 Å². The van der Waals surface area contributed by atoms with Crippen molar-refractivity contribution in [2.24, 2.45) is 0 Å². The van der Waals surface area contributed by atoms with Gasteiger partial charge in [0.15, 0.2) is 0 Å². The predicted molar refractivity (Wildman–Crippen MR) is 88.8 cm³/mol. The van der Waals surface area contributed by atoms with Gasteiger partial charge in [0.25, 0.3) is 0 Å². The first-order chi connectivity index (χ1) is 10.1. The summed E-state index contributed by atoms with van der Waals surface area (Å²) in [5.41, 5.74) is 1.16. The second kappa shape index (κ2) is 11.0. The van der Waals surface area contributed by atoms with Crippen molar-refractivity contribution in [3.8, 4) is 0 Å². The standard InChI is InChI=1S/C17H28ClNO2/c1-3-4-5-6-11-21-13-17(20)12-19-14(2)15-7-9-16(18)10-8-15/h7-10,14,17,19-20H,3-6,11-13H2,1-2H3/t14-,17?/m0/s1. The minimum absolute atomic E-state index is 0.182. The Kier molecular flexibility index (Phi) is 9.68. The van der Waals surface area contributed by atoms with E-state index in [0.717, 1.165) is 23.6 Å². The summed E-state index contributed by atoms with van der Waals surface area (Å²) in [6, 6.07) is 7.93. The van der Waals surface area contributed by atoms with E-state index in [1.54, 1.807) is 0 Å². The Balaban J connectivity index is 2.11. The Hall–Kier alpha value is -0.610. The number of benzene rings is 1. The molecule has 2 atom stereocenters. The van der Waals surface area contributed by atoms with Crippen LogP contribution in [0.5, 0.6) is 0 Å². The van der Waals surface area contributed by atoms with E-state index in [1.165, 1.54) is 19.3 Å². The number of halogens is 1. The zero-order valence-electron chi connectivity index (χ0n) is 13.1. The third kappa shape index (κ3) is 8.42. The van der Waals surface area contributed by atoms with Crippen molar-refractivity contribution < 1.29 is 9.84 Å². The lowest BCUT2D eigenvalue weighted by atomic mass is 10.1. The summed E-state index contributed by atoms with van der Waals surface area (Å²) in [6.07, 6.45) is 4.31. The summed E-state index contributed by atoms with van der Waals surface area (Å²) in [4.78, 5) is 0. The first kappa shape index (κ1) is 18.4. The van der Waals surface area contributed by atoms with Crippen molar-refractivity contribution in [1.29, 1.82) is 0 Å². The molecular formula is C17H28ClNO2. The second-order valence-electron chi connectivity index (χ2n) is 5.47. The Bertz CT molecular complexity index is 370. The van der Waals surface area contributed by atoms with Crippen molar-refractivity contribution >= 4 is 11.6 Å². The molecule has 0 amide bonds. The first-order valence-electron chi connectivity index (χ1n) is 7.88. The highest BCUT2D eigenvalue weighted by molar-refractivity contribution is 6.30. The lowest BCUT2D eigenvalue weighted by Gasteiger charge is -2.17. The van der Waals surface area contributed by atoms with Gasteiger partial charge in [-0.3, -0.25) is 0 Å². The molecule has 0 aromatic heterocycles. The van der Waals surface area contributed by atoms with Gasteiger partial charge in [-0.1, -0.05) is 49.9 Å². The lowest BCUT2D eigenvalue weighted by molar-refractivity contribution is 0.0343. The molecule has 0 radical (unpaired) electrons. The van der Waals surface area contributed by atoms with Gasteiger partial charge in [0.2, 0.25) is 0 Å². The van der Waals surface area contributed by atoms with Gasteiger partial charge in [-0.2, -0.15) is 0 Å². The van der Waals surface area contributed by atoms with E-state index in [1.807, 2.05) is 24.3 Å². The average Bonchev–Trinajstić information content (AvgIpc) is 2.49. The van der Waals surface area contributed by atoms with Gasteiger partial charge in [-0.25, -0.2) is 0 Å². The van der Waals surface area contributed by atoms with Crippen molar-refractivity contribution in [3.05, 3.63) is 34.9 Å². The lowest BCUT2D eigenvalue weighted by Crippen LogP contribution is -2.32. The number of ether oxygens (including phenoxy) is 1. The highest BCUT2D eigenvalue weighted by atomic mass is 35.5. The maximum Gasteiger partial charge on any atom is 0.0897 e. The molecule has 0 bridgehead atoms. The van der Waals surface area contributed by atoms with E-state index >= 15 is 0 Å². The van der Waals surface area contributed by atoms with Crippen LogP contribution in [-0.4, -0.2) is 31.0 Å². The minimum Gasteiger partial charge on any atom is -0.389 e. The molecule has 1 rings (SSSR count). The smallest absolute Gasteiger partial charge is 0.0897 e. The molecule has 0 saturated carbocycles. The molecule has 0 aliphatic rings. The Labute approximate surface area is 133 Å². The predicted octanol–water partition coefficient (Wildman–Crippen LogP) is 3.95. The molecule has 0 aliphatic heterocycles. The highest BCUT2D eigenvalue weighted by Gasteiger charge is 2.08. The van der Waals surface area contributed by atoms with Crippen LogP contribution in [0.15, 0.2) is 24.3 Å².